The predicted octanol–water partition coefficient (Wildman–Crippen LogP) is 1.89. The molecule has 0 spiro atoms. The van der Waals surface area contributed by atoms with Crippen LogP contribution >= 0.6 is 0 Å². The second kappa shape index (κ2) is 8.48. The number of hydrogen-bond acceptors (Lipinski definition) is 6. The molecule has 1 fully saturated rings. The molecule has 0 atom stereocenters. The summed E-state index contributed by atoms with van der Waals surface area (Å²) in [5.74, 6) is 0.735. The van der Waals surface area contributed by atoms with E-state index in [1.165, 1.54) is 58.6 Å². The van der Waals surface area contributed by atoms with Gasteiger partial charge in [-0.05, 0) is 54.6 Å². The standard InChI is InChI=1S/C21H21FN4O4S/c1-30-18-6-8-19(9-7-18)31(28,29)25-14-12-24(13-15-25)20-10-11-21(27)26(23-20)17-4-2-16(22)3-5-17/h2-11H,12-15H2,1H3. The topological polar surface area (TPSA) is 84.7 Å². The number of methoxy groups -OCH3 is 1. The lowest BCUT2D eigenvalue weighted by molar-refractivity contribution is 0.383. The molecule has 1 saturated heterocycles. The van der Waals surface area contributed by atoms with E-state index in [0.29, 0.717) is 30.3 Å². The van der Waals surface area contributed by atoms with Gasteiger partial charge in [-0.1, -0.05) is 0 Å². The quantitative estimate of drug-likeness (QED) is 0.598. The fourth-order valence-electron chi connectivity index (χ4n) is 3.39. The predicted molar refractivity (Wildman–Crippen MR) is 114 cm³/mol. The van der Waals surface area contributed by atoms with Gasteiger partial charge in [0.2, 0.25) is 10.0 Å². The van der Waals surface area contributed by atoms with Crippen molar-refractivity contribution < 1.29 is 17.5 Å². The van der Waals surface area contributed by atoms with Crippen LogP contribution in [0.1, 0.15) is 0 Å². The molecule has 1 aliphatic heterocycles. The van der Waals surface area contributed by atoms with E-state index in [0.717, 1.165) is 0 Å². The van der Waals surface area contributed by atoms with Gasteiger partial charge >= 0.3 is 0 Å². The Morgan fingerprint density at radius 3 is 2.16 bits per heavy atom. The first-order chi connectivity index (χ1) is 14.9. The van der Waals surface area contributed by atoms with Gasteiger partial charge < -0.3 is 9.64 Å². The summed E-state index contributed by atoms with van der Waals surface area (Å²) in [6, 6.07) is 14.8. The van der Waals surface area contributed by atoms with Crippen molar-refractivity contribution in [1.82, 2.24) is 14.1 Å². The molecule has 0 unspecified atom stereocenters. The number of rotatable bonds is 5. The Balaban J connectivity index is 1.50. The minimum atomic E-state index is -3.61. The second-order valence-electron chi connectivity index (χ2n) is 6.98. The average molecular weight is 444 g/mol. The molecule has 4 rings (SSSR count). The molecule has 162 valence electrons. The van der Waals surface area contributed by atoms with Crippen molar-refractivity contribution in [1.29, 1.82) is 0 Å². The molecule has 8 nitrogen and oxygen atoms in total. The first-order valence-electron chi connectivity index (χ1n) is 9.64. The normalized spacial score (nSPS) is 15.1. The molecule has 0 bridgehead atoms. The summed E-state index contributed by atoms with van der Waals surface area (Å²) in [6.45, 7) is 1.41. The number of sulfonamides is 1. The van der Waals surface area contributed by atoms with Gasteiger partial charge in [0.15, 0.2) is 0 Å². The maximum absolute atomic E-state index is 13.2. The zero-order valence-corrected chi connectivity index (χ0v) is 17.6. The lowest BCUT2D eigenvalue weighted by Gasteiger charge is -2.34. The van der Waals surface area contributed by atoms with Gasteiger partial charge in [0.1, 0.15) is 17.4 Å². The fourth-order valence-corrected chi connectivity index (χ4v) is 4.81. The molecule has 0 N–H and O–H groups in total. The minimum Gasteiger partial charge on any atom is -0.497 e. The van der Waals surface area contributed by atoms with Crippen molar-refractivity contribution in [3.05, 3.63) is 76.8 Å². The van der Waals surface area contributed by atoms with Crippen molar-refractivity contribution in [3.63, 3.8) is 0 Å². The number of aromatic nitrogens is 2. The summed E-state index contributed by atoms with van der Waals surface area (Å²) in [7, 11) is -2.09. The highest BCUT2D eigenvalue weighted by Gasteiger charge is 2.29. The lowest BCUT2D eigenvalue weighted by atomic mass is 10.3. The van der Waals surface area contributed by atoms with E-state index in [1.54, 1.807) is 18.2 Å². The van der Waals surface area contributed by atoms with Crippen molar-refractivity contribution in [2.45, 2.75) is 4.90 Å². The smallest absolute Gasteiger partial charge is 0.271 e. The summed E-state index contributed by atoms with van der Waals surface area (Å²) in [5.41, 5.74) is 0.116. The molecule has 0 aliphatic carbocycles. The van der Waals surface area contributed by atoms with E-state index in [1.807, 2.05) is 4.90 Å². The number of piperazine rings is 1. The molecule has 3 aromatic rings. The van der Waals surface area contributed by atoms with E-state index in [9.17, 15) is 17.6 Å². The van der Waals surface area contributed by atoms with Crippen molar-refractivity contribution in [2.24, 2.45) is 0 Å². The fraction of sp³-hybridized carbons (Fsp3) is 0.238. The molecule has 31 heavy (non-hydrogen) atoms. The number of anilines is 1. The summed E-state index contributed by atoms with van der Waals surface area (Å²) in [5, 5.41) is 4.39. The van der Waals surface area contributed by atoms with Crippen LogP contribution in [0, 0.1) is 5.82 Å². The number of benzene rings is 2. The molecule has 0 radical (unpaired) electrons. The number of ether oxygens (including phenoxy) is 1. The third-order valence-corrected chi connectivity index (χ3v) is 7.03. The molecule has 2 heterocycles. The van der Waals surface area contributed by atoms with Crippen LogP contribution in [0.5, 0.6) is 5.75 Å². The van der Waals surface area contributed by atoms with Crippen LogP contribution in [0.25, 0.3) is 5.69 Å². The van der Waals surface area contributed by atoms with Crippen molar-refractivity contribution >= 4 is 15.8 Å². The highest BCUT2D eigenvalue weighted by atomic mass is 32.2. The SMILES string of the molecule is COc1ccc(S(=O)(=O)N2CCN(c3ccc(=O)n(-c4ccc(F)cc4)n3)CC2)cc1. The zero-order chi connectivity index (χ0) is 22.0. The van der Waals surface area contributed by atoms with Crippen LogP contribution in [0.4, 0.5) is 10.2 Å². The van der Waals surface area contributed by atoms with Crippen LogP contribution in [0.2, 0.25) is 0 Å². The summed E-state index contributed by atoms with van der Waals surface area (Å²) < 4.78 is 46.7. The molecular weight excluding hydrogens is 423 g/mol. The van der Waals surface area contributed by atoms with Gasteiger partial charge in [0, 0.05) is 32.2 Å². The molecule has 1 aromatic heterocycles. The Labute approximate surface area is 179 Å². The van der Waals surface area contributed by atoms with E-state index >= 15 is 0 Å². The van der Waals surface area contributed by atoms with E-state index in [2.05, 4.69) is 5.10 Å². The van der Waals surface area contributed by atoms with Crippen molar-refractivity contribution in [3.8, 4) is 11.4 Å². The zero-order valence-electron chi connectivity index (χ0n) is 16.8. The molecule has 2 aromatic carbocycles. The third kappa shape index (κ3) is 4.30. The maximum Gasteiger partial charge on any atom is 0.271 e. The maximum atomic E-state index is 13.2. The third-order valence-electron chi connectivity index (χ3n) is 5.12. The lowest BCUT2D eigenvalue weighted by Crippen LogP contribution is -2.49. The number of nitrogens with zero attached hydrogens (tertiary/aromatic N) is 4. The van der Waals surface area contributed by atoms with Gasteiger partial charge in [-0.15, -0.1) is 5.10 Å². The van der Waals surface area contributed by atoms with Gasteiger partial charge in [0.25, 0.3) is 5.56 Å². The van der Waals surface area contributed by atoms with Crippen LogP contribution in [0.15, 0.2) is 70.4 Å². The Hall–Kier alpha value is -3.24. The van der Waals surface area contributed by atoms with Gasteiger partial charge in [-0.25, -0.2) is 12.8 Å². The van der Waals surface area contributed by atoms with Crippen LogP contribution < -0.4 is 15.2 Å². The first-order valence-corrected chi connectivity index (χ1v) is 11.1. The molecule has 1 aliphatic rings. The van der Waals surface area contributed by atoms with Gasteiger partial charge in [0.05, 0.1) is 17.7 Å². The summed E-state index contributed by atoms with van der Waals surface area (Å²) in [6.07, 6.45) is 0. The van der Waals surface area contributed by atoms with E-state index in [4.69, 9.17) is 4.74 Å². The molecule has 0 amide bonds. The Kier molecular flexibility index (Phi) is 5.75. The minimum absolute atomic E-state index is 0.213. The summed E-state index contributed by atoms with van der Waals surface area (Å²) in [4.78, 5) is 14.3. The molecular formula is C21H21FN4O4S. The number of hydrogen-bond donors (Lipinski definition) is 0. The highest BCUT2D eigenvalue weighted by molar-refractivity contribution is 7.89. The monoisotopic (exact) mass is 444 g/mol. The molecule has 0 saturated carbocycles. The Morgan fingerprint density at radius 1 is 0.903 bits per heavy atom. The van der Waals surface area contributed by atoms with Crippen LogP contribution in [-0.2, 0) is 10.0 Å². The van der Waals surface area contributed by atoms with E-state index < -0.39 is 15.8 Å². The Bertz CT molecular complexity index is 1220. The highest BCUT2D eigenvalue weighted by Crippen LogP contribution is 2.22. The van der Waals surface area contributed by atoms with Gasteiger partial charge in [-0.2, -0.15) is 8.99 Å². The molecule has 10 heteroatoms. The largest absolute Gasteiger partial charge is 0.497 e. The Morgan fingerprint density at radius 2 is 1.55 bits per heavy atom. The first kappa shape index (κ1) is 21.0. The van der Waals surface area contributed by atoms with Crippen molar-refractivity contribution in [2.75, 3.05) is 38.2 Å². The number of halogens is 1. The van der Waals surface area contributed by atoms with Crippen LogP contribution in [-0.4, -0.2) is 55.8 Å². The second-order valence-corrected chi connectivity index (χ2v) is 8.92. The summed E-state index contributed by atoms with van der Waals surface area (Å²) >= 11 is 0. The average Bonchev–Trinajstić information content (AvgIpc) is 2.80. The van der Waals surface area contributed by atoms with Gasteiger partial charge in [-0.3, -0.25) is 4.79 Å². The van der Waals surface area contributed by atoms with Crippen LogP contribution in [0.3, 0.4) is 0 Å². The van der Waals surface area contributed by atoms with E-state index in [-0.39, 0.29) is 23.5 Å².